The highest BCUT2D eigenvalue weighted by Gasteiger charge is 2.37. The second kappa shape index (κ2) is 10.3. The summed E-state index contributed by atoms with van der Waals surface area (Å²) in [4.78, 5) is 14.3. The molecule has 0 radical (unpaired) electrons. The van der Waals surface area contributed by atoms with E-state index in [4.69, 9.17) is 0 Å². The van der Waals surface area contributed by atoms with Crippen LogP contribution in [0.15, 0.2) is 36.9 Å². The summed E-state index contributed by atoms with van der Waals surface area (Å²) in [7, 11) is 0. The Balaban J connectivity index is 0.00000408. The minimum absolute atomic E-state index is 0. The molecule has 0 heterocycles. The summed E-state index contributed by atoms with van der Waals surface area (Å²) in [5, 5.41) is 9.83. The number of halogens is 1. The molecule has 4 heteroatoms. The molecule has 3 rings (SSSR count). The highest BCUT2D eigenvalue weighted by atomic mass is 35.5. The van der Waals surface area contributed by atoms with Crippen molar-refractivity contribution < 1.29 is 9.90 Å². The first-order valence-electron chi connectivity index (χ1n) is 12.3. The second-order valence-electron chi connectivity index (χ2n) is 11.0. The Kier molecular flexibility index (Phi) is 8.49. The van der Waals surface area contributed by atoms with Gasteiger partial charge in [-0.3, -0.25) is 4.90 Å². The number of carboxylic acid groups (broad SMARTS) is 1. The third kappa shape index (κ3) is 5.11. The Bertz CT molecular complexity index is 1080. The third-order valence-corrected chi connectivity index (χ3v) is 7.96. The molecule has 2 aromatic carbocycles. The van der Waals surface area contributed by atoms with E-state index in [9.17, 15) is 9.90 Å². The lowest BCUT2D eigenvalue weighted by molar-refractivity contribution is 0.0693. The number of aromatic carboxylic acids is 1. The summed E-state index contributed by atoms with van der Waals surface area (Å²) in [6, 6.07) is 10.4. The van der Waals surface area contributed by atoms with Crippen LogP contribution in [-0.4, -0.2) is 29.1 Å². The minimum Gasteiger partial charge on any atom is -0.478 e. The molecule has 0 bridgehead atoms. The van der Waals surface area contributed by atoms with Crippen molar-refractivity contribution in [2.24, 2.45) is 0 Å². The van der Waals surface area contributed by atoms with Crippen LogP contribution >= 0.6 is 12.4 Å². The Morgan fingerprint density at radius 2 is 1.53 bits per heavy atom. The number of hydrogen-bond acceptors (Lipinski definition) is 2. The fraction of sp³-hybridized carbons (Fsp3) is 0.500. The molecule has 1 unspecified atom stereocenters. The molecule has 1 N–H and O–H groups in total. The third-order valence-electron chi connectivity index (χ3n) is 7.96. The van der Waals surface area contributed by atoms with Gasteiger partial charge in [0.1, 0.15) is 0 Å². The molecule has 34 heavy (non-hydrogen) atoms. The Hall–Kier alpha value is -2.10. The van der Waals surface area contributed by atoms with Gasteiger partial charge in [-0.2, -0.15) is 0 Å². The molecule has 0 fully saturated rings. The van der Waals surface area contributed by atoms with Crippen molar-refractivity contribution in [2.45, 2.75) is 85.1 Å². The molecule has 3 nitrogen and oxygen atoms in total. The lowest BCUT2D eigenvalue weighted by Gasteiger charge is -2.42. The Morgan fingerprint density at radius 1 is 1.00 bits per heavy atom. The van der Waals surface area contributed by atoms with Gasteiger partial charge in [0.25, 0.3) is 0 Å². The highest BCUT2D eigenvalue weighted by Crippen LogP contribution is 2.47. The first kappa shape index (κ1) is 28.1. The molecule has 0 saturated carbocycles. The van der Waals surface area contributed by atoms with Crippen LogP contribution in [0, 0.1) is 6.92 Å². The van der Waals surface area contributed by atoms with Gasteiger partial charge in [-0.1, -0.05) is 66.3 Å². The van der Waals surface area contributed by atoms with Crippen LogP contribution in [0.4, 0.5) is 0 Å². The van der Waals surface area contributed by atoms with Crippen molar-refractivity contribution in [3.05, 3.63) is 75.9 Å². The van der Waals surface area contributed by atoms with E-state index in [1.54, 1.807) is 6.07 Å². The maximum atomic E-state index is 12.0. The second-order valence-corrected chi connectivity index (χ2v) is 11.0. The number of rotatable bonds is 7. The molecule has 0 aromatic heterocycles. The zero-order valence-corrected chi connectivity index (χ0v) is 23.0. The molecule has 1 aliphatic carbocycles. The van der Waals surface area contributed by atoms with E-state index >= 15 is 0 Å². The number of hydrogen-bond donors (Lipinski definition) is 1. The van der Waals surface area contributed by atoms with E-state index in [1.807, 2.05) is 12.1 Å². The van der Waals surface area contributed by atoms with Gasteiger partial charge >= 0.3 is 5.97 Å². The van der Waals surface area contributed by atoms with E-state index in [1.165, 1.54) is 29.5 Å². The summed E-state index contributed by atoms with van der Waals surface area (Å²) in [5.41, 5.74) is 8.72. The molecular weight excluding hydrogens is 442 g/mol. The molecule has 2 aromatic rings. The summed E-state index contributed by atoms with van der Waals surface area (Å²) < 4.78 is 0. The number of carboxylic acids is 1. The first-order valence-corrected chi connectivity index (χ1v) is 12.3. The van der Waals surface area contributed by atoms with E-state index < -0.39 is 5.97 Å². The monoisotopic (exact) mass is 483 g/mol. The molecule has 1 aliphatic rings. The van der Waals surface area contributed by atoms with Crippen molar-refractivity contribution in [1.82, 2.24) is 4.90 Å². The molecule has 1 atom stereocenters. The van der Waals surface area contributed by atoms with Crippen molar-refractivity contribution in [2.75, 3.05) is 13.1 Å². The van der Waals surface area contributed by atoms with Crippen LogP contribution < -0.4 is 0 Å². The van der Waals surface area contributed by atoms with Crippen molar-refractivity contribution in [3.8, 4) is 0 Å². The van der Waals surface area contributed by atoms with Gasteiger partial charge in [0, 0.05) is 6.04 Å². The molecule has 0 amide bonds. The number of fused-ring (bicyclic) bond motifs is 1. The van der Waals surface area contributed by atoms with E-state index in [0.717, 1.165) is 35.4 Å². The largest absolute Gasteiger partial charge is 0.478 e. The number of benzene rings is 2. The van der Waals surface area contributed by atoms with Crippen LogP contribution in [0.5, 0.6) is 0 Å². The number of nitrogens with zero attached hydrogens (tertiary/aromatic N) is 1. The minimum atomic E-state index is -0.880. The average Bonchev–Trinajstić information content (AvgIpc) is 2.76. The lowest BCUT2D eigenvalue weighted by atomic mass is 9.62. The first-order chi connectivity index (χ1) is 15.3. The molecule has 0 spiro atoms. The number of aryl methyl sites for hydroxylation is 1. The molecule has 0 saturated heterocycles. The predicted octanol–water partition coefficient (Wildman–Crippen LogP) is 7.93. The smallest absolute Gasteiger partial charge is 0.336 e. The molecule has 186 valence electrons. The van der Waals surface area contributed by atoms with Gasteiger partial charge in [0.05, 0.1) is 5.56 Å². The normalized spacial score (nSPS) is 17.0. The summed E-state index contributed by atoms with van der Waals surface area (Å²) in [6.07, 6.45) is 2.36. The summed E-state index contributed by atoms with van der Waals surface area (Å²) >= 11 is 0. The van der Waals surface area contributed by atoms with Crippen LogP contribution in [0.3, 0.4) is 0 Å². The highest BCUT2D eigenvalue weighted by molar-refractivity contribution is 5.91. The zero-order valence-electron chi connectivity index (χ0n) is 22.2. The van der Waals surface area contributed by atoms with Crippen LogP contribution in [0.2, 0.25) is 0 Å². The van der Waals surface area contributed by atoms with E-state index in [-0.39, 0.29) is 29.3 Å². The summed E-state index contributed by atoms with van der Waals surface area (Å²) in [6.45, 7) is 24.1. The van der Waals surface area contributed by atoms with Crippen molar-refractivity contribution in [3.63, 3.8) is 0 Å². The van der Waals surface area contributed by atoms with E-state index in [0.29, 0.717) is 5.56 Å². The fourth-order valence-electron chi connectivity index (χ4n) is 5.46. The van der Waals surface area contributed by atoms with Crippen LogP contribution in [0.25, 0.3) is 5.57 Å². The lowest BCUT2D eigenvalue weighted by Crippen LogP contribution is -2.34. The number of carbonyl (C=O) groups is 1. The van der Waals surface area contributed by atoms with Gasteiger partial charge < -0.3 is 5.11 Å². The molecule has 0 aliphatic heterocycles. The van der Waals surface area contributed by atoms with Gasteiger partial charge in [-0.15, -0.1) is 12.4 Å². The van der Waals surface area contributed by atoms with Gasteiger partial charge in [-0.05, 0) is 102 Å². The van der Waals surface area contributed by atoms with Gasteiger partial charge in [-0.25, -0.2) is 4.79 Å². The maximum Gasteiger partial charge on any atom is 0.336 e. The average molecular weight is 484 g/mol. The molecular formula is C30H42ClNO2. The zero-order chi connectivity index (χ0) is 24.7. The standard InChI is InChI=1S/C30H41NO2.ClH/c1-10-31(11-2)21(5)25-17-22(12-13-23(25)28(32)33)20(4)24-18-27-26(16-19(24)3)29(6,7)14-15-30(27,8)9;/h12-13,16-18,21H,4,10-11,14-15H2,1-3,5-9H3,(H,32,33);1H. The fourth-order valence-corrected chi connectivity index (χ4v) is 5.46. The van der Waals surface area contributed by atoms with Gasteiger partial charge in [0.15, 0.2) is 0 Å². The Labute approximate surface area is 212 Å². The van der Waals surface area contributed by atoms with Crippen LogP contribution in [0.1, 0.15) is 111 Å². The van der Waals surface area contributed by atoms with Crippen molar-refractivity contribution in [1.29, 1.82) is 0 Å². The quantitative estimate of drug-likeness (QED) is 0.434. The topological polar surface area (TPSA) is 40.5 Å². The van der Waals surface area contributed by atoms with Crippen LogP contribution in [-0.2, 0) is 10.8 Å². The SMILES string of the molecule is C=C(c1ccc(C(=O)O)c(C(C)N(CC)CC)c1)c1cc2c(cc1C)C(C)(C)CCC2(C)C.Cl. The predicted molar refractivity (Wildman–Crippen MR) is 147 cm³/mol. The van der Waals surface area contributed by atoms with Crippen molar-refractivity contribution >= 4 is 23.9 Å². The summed E-state index contributed by atoms with van der Waals surface area (Å²) in [5.74, 6) is -0.880. The Morgan fingerprint density at radius 3 is 2.03 bits per heavy atom. The maximum absolute atomic E-state index is 12.0. The van der Waals surface area contributed by atoms with Gasteiger partial charge in [0.2, 0.25) is 0 Å². The van der Waals surface area contributed by atoms with E-state index in [2.05, 4.69) is 79.0 Å².